The zero-order chi connectivity index (χ0) is 15.4. The Kier molecular flexibility index (Phi) is 4.09. The summed E-state index contributed by atoms with van der Waals surface area (Å²) >= 11 is 0. The van der Waals surface area contributed by atoms with E-state index in [4.69, 9.17) is 15.7 Å². The van der Waals surface area contributed by atoms with Gasteiger partial charge in [-0.1, -0.05) is 6.92 Å². The van der Waals surface area contributed by atoms with E-state index in [-0.39, 0.29) is 5.69 Å². The summed E-state index contributed by atoms with van der Waals surface area (Å²) in [5, 5.41) is 18.2. The highest BCUT2D eigenvalue weighted by Gasteiger charge is 2.18. The number of aryl methyl sites for hydroxylation is 1. The van der Waals surface area contributed by atoms with Crippen molar-refractivity contribution < 1.29 is 9.53 Å². The Morgan fingerprint density at radius 1 is 1.57 bits per heavy atom. The number of nitrogens with two attached hydrogens (primary N) is 1. The Bertz CT molecular complexity index is 715. The third-order valence-corrected chi connectivity index (χ3v) is 3.03. The molecular formula is C14H15N5O2. The number of nitrogen functional groups attached to an aromatic ring is 1. The lowest BCUT2D eigenvalue weighted by atomic mass is 10.2. The van der Waals surface area contributed by atoms with Crippen LogP contribution in [-0.4, -0.2) is 23.2 Å². The summed E-state index contributed by atoms with van der Waals surface area (Å²) in [5.74, 6) is -0.0429. The predicted octanol–water partition coefficient (Wildman–Crippen LogP) is 1.69. The number of aromatic nitrogens is 2. The van der Waals surface area contributed by atoms with Crippen molar-refractivity contribution in [3.05, 3.63) is 35.2 Å². The molecule has 1 heterocycles. The van der Waals surface area contributed by atoms with Gasteiger partial charge < -0.3 is 15.8 Å². The summed E-state index contributed by atoms with van der Waals surface area (Å²) in [5.41, 5.74) is 7.93. The van der Waals surface area contributed by atoms with E-state index in [1.54, 1.807) is 18.2 Å². The van der Waals surface area contributed by atoms with Gasteiger partial charge in [0.2, 0.25) is 0 Å². The summed E-state index contributed by atoms with van der Waals surface area (Å²) < 4.78 is 5.16. The summed E-state index contributed by atoms with van der Waals surface area (Å²) in [6, 6.07) is 6.73. The van der Waals surface area contributed by atoms with Crippen molar-refractivity contribution in [2.75, 3.05) is 18.2 Å². The van der Waals surface area contributed by atoms with Crippen LogP contribution in [0.15, 0.2) is 18.2 Å². The van der Waals surface area contributed by atoms with Gasteiger partial charge in [0.1, 0.15) is 5.75 Å². The number of amides is 1. The fourth-order valence-electron chi connectivity index (χ4n) is 1.87. The van der Waals surface area contributed by atoms with Crippen LogP contribution in [0, 0.1) is 11.3 Å². The van der Waals surface area contributed by atoms with Crippen LogP contribution in [0.4, 0.5) is 11.4 Å². The van der Waals surface area contributed by atoms with Crippen molar-refractivity contribution in [2.45, 2.75) is 13.3 Å². The summed E-state index contributed by atoms with van der Waals surface area (Å²) in [6.07, 6.45) is 0.659. The monoisotopic (exact) mass is 285 g/mol. The average Bonchev–Trinajstić information content (AvgIpc) is 2.88. The maximum Gasteiger partial charge on any atom is 0.278 e. The minimum absolute atomic E-state index is 0.137. The Morgan fingerprint density at radius 2 is 2.33 bits per heavy atom. The van der Waals surface area contributed by atoms with Crippen LogP contribution in [0.25, 0.3) is 0 Å². The second-order valence-electron chi connectivity index (χ2n) is 4.30. The molecule has 1 amide bonds. The molecule has 0 saturated carbocycles. The highest BCUT2D eigenvalue weighted by molar-refractivity contribution is 6.07. The molecule has 0 spiro atoms. The molecule has 7 nitrogen and oxygen atoms in total. The zero-order valence-corrected chi connectivity index (χ0v) is 11.7. The van der Waals surface area contributed by atoms with Crippen LogP contribution in [0.5, 0.6) is 5.75 Å². The lowest BCUT2D eigenvalue weighted by Gasteiger charge is -2.09. The molecule has 108 valence electrons. The number of nitriles is 1. The first kappa shape index (κ1) is 14.4. The smallest absolute Gasteiger partial charge is 0.278 e. The van der Waals surface area contributed by atoms with E-state index < -0.39 is 5.91 Å². The van der Waals surface area contributed by atoms with Crippen molar-refractivity contribution >= 4 is 17.3 Å². The predicted molar refractivity (Wildman–Crippen MR) is 78.0 cm³/mol. The van der Waals surface area contributed by atoms with E-state index in [0.717, 1.165) is 0 Å². The topological polar surface area (TPSA) is 117 Å². The van der Waals surface area contributed by atoms with Crippen LogP contribution in [0.3, 0.4) is 0 Å². The second kappa shape index (κ2) is 5.96. The highest BCUT2D eigenvalue weighted by atomic mass is 16.5. The van der Waals surface area contributed by atoms with Gasteiger partial charge in [0.15, 0.2) is 5.69 Å². The maximum absolute atomic E-state index is 12.2. The molecular weight excluding hydrogens is 270 g/mol. The van der Waals surface area contributed by atoms with Crippen molar-refractivity contribution in [2.24, 2.45) is 0 Å². The number of ether oxygens (including phenoxy) is 1. The number of carbonyl (C=O) groups excluding carboxylic acids is 1. The summed E-state index contributed by atoms with van der Waals surface area (Å²) in [7, 11) is 1.46. The second-order valence-corrected chi connectivity index (χ2v) is 4.30. The molecule has 0 aliphatic heterocycles. The normalized spacial score (nSPS) is 9.95. The van der Waals surface area contributed by atoms with E-state index >= 15 is 0 Å². The number of methoxy groups -OCH3 is 1. The molecule has 4 N–H and O–H groups in total. The van der Waals surface area contributed by atoms with Crippen molar-refractivity contribution in [3.63, 3.8) is 0 Å². The zero-order valence-electron chi connectivity index (χ0n) is 11.7. The van der Waals surface area contributed by atoms with Gasteiger partial charge in [-0.2, -0.15) is 10.4 Å². The lowest BCUT2D eigenvalue weighted by Crippen LogP contribution is -2.15. The van der Waals surface area contributed by atoms with Gasteiger partial charge in [-0.3, -0.25) is 9.89 Å². The first-order valence-electron chi connectivity index (χ1n) is 6.32. The molecule has 0 atom stereocenters. The van der Waals surface area contributed by atoms with Gasteiger partial charge in [0.05, 0.1) is 35.8 Å². The molecule has 0 aliphatic carbocycles. The average molecular weight is 285 g/mol. The molecule has 2 rings (SSSR count). The fourth-order valence-corrected chi connectivity index (χ4v) is 1.87. The van der Waals surface area contributed by atoms with E-state index in [1.165, 1.54) is 7.11 Å². The molecule has 1 aromatic heterocycles. The maximum atomic E-state index is 12.2. The molecule has 0 aliphatic rings. The Hall–Kier alpha value is -3.01. The molecule has 2 aromatic rings. The van der Waals surface area contributed by atoms with Crippen molar-refractivity contribution in [3.8, 4) is 11.8 Å². The van der Waals surface area contributed by atoms with Gasteiger partial charge in [-0.25, -0.2) is 0 Å². The van der Waals surface area contributed by atoms with Gasteiger partial charge in [0, 0.05) is 6.07 Å². The molecule has 0 unspecified atom stereocenters. The number of carbonyl (C=O) groups is 1. The highest BCUT2D eigenvalue weighted by Crippen LogP contribution is 2.26. The Balaban J connectivity index is 2.27. The minimum atomic E-state index is -0.438. The number of anilines is 2. The molecule has 0 saturated heterocycles. The number of benzene rings is 1. The number of nitrogens with one attached hydrogen (secondary N) is 2. The number of aromatic amines is 1. The number of hydrogen-bond acceptors (Lipinski definition) is 5. The number of H-pyrrole nitrogens is 1. The van der Waals surface area contributed by atoms with Gasteiger partial charge >= 0.3 is 0 Å². The third-order valence-electron chi connectivity index (χ3n) is 3.03. The molecule has 21 heavy (non-hydrogen) atoms. The number of rotatable bonds is 4. The number of nitrogens with zero attached hydrogens (tertiary/aromatic N) is 2. The Morgan fingerprint density at radius 3 is 2.90 bits per heavy atom. The first-order chi connectivity index (χ1) is 10.1. The van der Waals surface area contributed by atoms with E-state index in [0.29, 0.717) is 34.8 Å². The molecule has 0 radical (unpaired) electrons. The van der Waals surface area contributed by atoms with E-state index in [9.17, 15) is 4.79 Å². The summed E-state index contributed by atoms with van der Waals surface area (Å²) in [6.45, 7) is 1.91. The largest absolute Gasteiger partial charge is 0.495 e. The molecule has 7 heteroatoms. The quantitative estimate of drug-likeness (QED) is 0.790. The third kappa shape index (κ3) is 2.79. The molecule has 0 fully saturated rings. The van der Waals surface area contributed by atoms with Crippen LogP contribution in [0.2, 0.25) is 0 Å². The summed E-state index contributed by atoms with van der Waals surface area (Å²) in [4.78, 5) is 12.2. The standard InChI is InChI=1S/C14H15N5O2/c1-3-9-12(16)13(19-18-9)14(20)17-10-5-4-8(7-15)6-11(10)21-2/h4-6H,3,16H2,1-2H3,(H,17,20)(H,18,19). The lowest BCUT2D eigenvalue weighted by molar-refractivity contribution is 0.102. The molecule has 1 aromatic carbocycles. The van der Waals surface area contributed by atoms with Crippen LogP contribution in [-0.2, 0) is 6.42 Å². The SMILES string of the molecule is CCc1[nH]nc(C(=O)Nc2ccc(C#N)cc2OC)c1N. The van der Waals surface area contributed by atoms with Crippen LogP contribution in [0.1, 0.15) is 28.7 Å². The van der Waals surface area contributed by atoms with Crippen molar-refractivity contribution in [1.29, 1.82) is 5.26 Å². The van der Waals surface area contributed by atoms with Crippen molar-refractivity contribution in [1.82, 2.24) is 10.2 Å². The van der Waals surface area contributed by atoms with Gasteiger partial charge in [0.25, 0.3) is 5.91 Å². The first-order valence-corrected chi connectivity index (χ1v) is 6.32. The van der Waals surface area contributed by atoms with E-state index in [2.05, 4.69) is 15.5 Å². The van der Waals surface area contributed by atoms with Gasteiger partial charge in [-0.15, -0.1) is 0 Å². The van der Waals surface area contributed by atoms with Crippen LogP contribution >= 0.6 is 0 Å². The van der Waals surface area contributed by atoms with Crippen LogP contribution < -0.4 is 15.8 Å². The molecule has 0 bridgehead atoms. The fraction of sp³-hybridized carbons (Fsp3) is 0.214. The van der Waals surface area contributed by atoms with E-state index in [1.807, 2.05) is 13.0 Å². The number of hydrogen-bond donors (Lipinski definition) is 3. The Labute approximate surface area is 121 Å². The van der Waals surface area contributed by atoms with Gasteiger partial charge in [-0.05, 0) is 18.6 Å². The minimum Gasteiger partial charge on any atom is -0.495 e.